The third-order valence-corrected chi connectivity index (χ3v) is 5.63. The minimum absolute atomic E-state index is 0.150. The Morgan fingerprint density at radius 3 is 2.56 bits per heavy atom. The molecule has 0 aliphatic carbocycles. The van der Waals surface area contributed by atoms with Crippen LogP contribution < -0.4 is 0 Å². The van der Waals surface area contributed by atoms with Gasteiger partial charge in [-0.15, -0.1) is 0 Å². The van der Waals surface area contributed by atoms with Crippen LogP contribution in [0.1, 0.15) is 45.1 Å². The molecule has 0 radical (unpaired) electrons. The van der Waals surface area contributed by atoms with Crippen molar-refractivity contribution in [3.05, 3.63) is 34.1 Å². The molecule has 1 unspecified atom stereocenters. The van der Waals surface area contributed by atoms with Gasteiger partial charge in [-0.3, -0.25) is 0 Å². The Balaban J connectivity index is 2.91. The Labute approximate surface area is 127 Å². The zero-order valence-corrected chi connectivity index (χ0v) is 14.3. The van der Waals surface area contributed by atoms with Crippen LogP contribution in [0.5, 0.6) is 0 Å². The summed E-state index contributed by atoms with van der Waals surface area (Å²) in [5.74, 6) is -0.150. The molecule has 0 N–H and O–H groups in total. The van der Waals surface area contributed by atoms with Crippen molar-refractivity contribution in [3.8, 4) is 0 Å². The normalized spacial score (nSPS) is 14.5. The molecule has 18 heavy (non-hydrogen) atoms. The van der Waals surface area contributed by atoms with Crippen molar-refractivity contribution in [1.29, 1.82) is 0 Å². The maximum atomic E-state index is 13.3. The molecule has 1 atom stereocenters. The molecule has 0 bridgehead atoms. The number of hydrogen-bond acceptors (Lipinski definition) is 0. The number of unbranched alkanes of at least 4 members (excludes halogenated alkanes) is 1. The van der Waals surface area contributed by atoms with E-state index in [2.05, 4.69) is 45.7 Å². The molecule has 102 valence electrons. The molecule has 0 amide bonds. The van der Waals surface area contributed by atoms with Crippen LogP contribution in [0, 0.1) is 11.2 Å². The van der Waals surface area contributed by atoms with E-state index in [9.17, 15) is 4.39 Å². The summed E-state index contributed by atoms with van der Waals surface area (Å²) in [6.45, 7) is 4.44. The summed E-state index contributed by atoms with van der Waals surface area (Å²) in [4.78, 5) is 0. The summed E-state index contributed by atoms with van der Waals surface area (Å²) in [6.07, 6.45) is 5.66. The highest BCUT2D eigenvalue weighted by Crippen LogP contribution is 2.37. The van der Waals surface area contributed by atoms with Crippen LogP contribution in [-0.2, 0) is 6.42 Å². The smallest absolute Gasteiger partial charge is 0.123 e. The van der Waals surface area contributed by atoms with Gasteiger partial charge in [0.2, 0.25) is 0 Å². The number of halogens is 3. The first-order chi connectivity index (χ1) is 8.56. The number of benzene rings is 1. The van der Waals surface area contributed by atoms with Gasteiger partial charge in [0.1, 0.15) is 5.82 Å². The summed E-state index contributed by atoms with van der Waals surface area (Å²) in [6, 6.07) is 4.96. The summed E-state index contributed by atoms with van der Waals surface area (Å²) in [5, 5.41) is 0.972. The second-order valence-corrected chi connectivity index (χ2v) is 6.42. The van der Waals surface area contributed by atoms with E-state index in [1.54, 1.807) is 12.1 Å². The molecule has 0 aliphatic heterocycles. The van der Waals surface area contributed by atoms with E-state index >= 15 is 0 Å². The molecule has 1 aromatic carbocycles. The van der Waals surface area contributed by atoms with Gasteiger partial charge in [0.25, 0.3) is 0 Å². The van der Waals surface area contributed by atoms with E-state index in [4.69, 9.17) is 0 Å². The average molecular weight is 380 g/mol. The Morgan fingerprint density at radius 2 is 2.00 bits per heavy atom. The van der Waals surface area contributed by atoms with Gasteiger partial charge in [0.05, 0.1) is 0 Å². The molecule has 0 heterocycles. The monoisotopic (exact) mass is 378 g/mol. The van der Waals surface area contributed by atoms with Crippen molar-refractivity contribution in [2.45, 2.75) is 46.0 Å². The maximum absolute atomic E-state index is 13.3. The van der Waals surface area contributed by atoms with E-state index < -0.39 is 0 Å². The van der Waals surface area contributed by atoms with Crippen LogP contribution in [0.15, 0.2) is 22.7 Å². The number of alkyl halides is 1. The minimum atomic E-state index is -0.150. The van der Waals surface area contributed by atoms with E-state index in [1.807, 2.05) is 0 Å². The Hall–Kier alpha value is 0.110. The first kappa shape index (κ1) is 16.2. The predicted octanol–water partition coefficient (Wildman–Crippen LogP) is 6.11. The van der Waals surface area contributed by atoms with Crippen LogP contribution in [0.25, 0.3) is 0 Å². The van der Waals surface area contributed by atoms with Gasteiger partial charge >= 0.3 is 0 Å². The van der Waals surface area contributed by atoms with E-state index in [1.165, 1.54) is 25.3 Å². The minimum Gasteiger partial charge on any atom is -0.207 e. The Morgan fingerprint density at radius 1 is 1.28 bits per heavy atom. The zero-order chi connectivity index (χ0) is 13.6. The van der Waals surface area contributed by atoms with E-state index in [0.717, 1.165) is 28.2 Å². The average Bonchev–Trinajstić information content (AvgIpc) is 2.39. The lowest BCUT2D eigenvalue weighted by atomic mass is 9.77. The number of hydrogen-bond donors (Lipinski definition) is 0. The Kier molecular flexibility index (Phi) is 6.86. The van der Waals surface area contributed by atoms with Crippen LogP contribution in [0.3, 0.4) is 0 Å². The third kappa shape index (κ3) is 4.34. The fourth-order valence-electron chi connectivity index (χ4n) is 2.23. The van der Waals surface area contributed by atoms with Crippen molar-refractivity contribution in [2.75, 3.05) is 5.33 Å². The van der Waals surface area contributed by atoms with Crippen LogP contribution in [0.4, 0.5) is 4.39 Å². The molecule has 0 nitrogen and oxygen atoms in total. The van der Waals surface area contributed by atoms with Crippen molar-refractivity contribution >= 4 is 31.9 Å². The fourth-order valence-corrected chi connectivity index (χ4v) is 3.50. The highest BCUT2D eigenvalue weighted by atomic mass is 79.9. The SMILES string of the molecule is CCCCC(CC)(CBr)Cc1cc(F)ccc1Br. The van der Waals surface area contributed by atoms with Gasteiger partial charge in [-0.2, -0.15) is 0 Å². The second-order valence-electron chi connectivity index (χ2n) is 5.00. The van der Waals surface area contributed by atoms with Gasteiger partial charge in [-0.25, -0.2) is 4.39 Å². The lowest BCUT2D eigenvalue weighted by Gasteiger charge is -2.31. The highest BCUT2D eigenvalue weighted by molar-refractivity contribution is 9.10. The summed E-state index contributed by atoms with van der Waals surface area (Å²) < 4.78 is 14.4. The van der Waals surface area contributed by atoms with Crippen molar-refractivity contribution < 1.29 is 4.39 Å². The van der Waals surface area contributed by atoms with Gasteiger partial charge in [0.15, 0.2) is 0 Å². The summed E-state index contributed by atoms with van der Waals surface area (Å²) in [7, 11) is 0. The Bertz CT molecular complexity index is 373. The highest BCUT2D eigenvalue weighted by Gasteiger charge is 2.27. The molecule has 0 aromatic heterocycles. The topological polar surface area (TPSA) is 0 Å². The van der Waals surface area contributed by atoms with E-state index in [0.29, 0.717) is 0 Å². The second kappa shape index (κ2) is 7.64. The fraction of sp³-hybridized carbons (Fsp3) is 0.600. The molecule has 0 saturated carbocycles. The van der Waals surface area contributed by atoms with Crippen LogP contribution in [0.2, 0.25) is 0 Å². The summed E-state index contributed by atoms with van der Waals surface area (Å²) >= 11 is 7.18. The van der Waals surface area contributed by atoms with Crippen molar-refractivity contribution in [3.63, 3.8) is 0 Å². The maximum Gasteiger partial charge on any atom is 0.123 e. The molecule has 0 aliphatic rings. The largest absolute Gasteiger partial charge is 0.207 e. The molecular formula is C15H21Br2F. The molecule has 0 spiro atoms. The lowest BCUT2D eigenvalue weighted by molar-refractivity contribution is 0.283. The van der Waals surface area contributed by atoms with Gasteiger partial charge in [-0.05, 0) is 48.4 Å². The molecule has 1 aromatic rings. The van der Waals surface area contributed by atoms with Gasteiger partial charge in [-0.1, -0.05) is 58.5 Å². The summed E-state index contributed by atoms with van der Waals surface area (Å²) in [5.41, 5.74) is 1.32. The molecule has 1 rings (SSSR count). The van der Waals surface area contributed by atoms with Crippen LogP contribution in [-0.4, -0.2) is 5.33 Å². The van der Waals surface area contributed by atoms with Crippen molar-refractivity contribution in [1.82, 2.24) is 0 Å². The van der Waals surface area contributed by atoms with Gasteiger partial charge in [0, 0.05) is 9.80 Å². The first-order valence-electron chi connectivity index (χ1n) is 6.57. The van der Waals surface area contributed by atoms with Crippen LogP contribution >= 0.6 is 31.9 Å². The van der Waals surface area contributed by atoms with Gasteiger partial charge < -0.3 is 0 Å². The quantitative estimate of drug-likeness (QED) is 0.501. The molecule has 0 saturated heterocycles. The molecule has 3 heteroatoms. The third-order valence-electron chi connectivity index (χ3n) is 3.67. The predicted molar refractivity (Wildman–Crippen MR) is 83.8 cm³/mol. The number of rotatable bonds is 7. The standard InChI is InChI=1S/C15H21Br2F/c1-3-5-8-15(4-2,11-16)10-12-9-13(18)6-7-14(12)17/h6-7,9H,3-5,8,10-11H2,1-2H3. The lowest BCUT2D eigenvalue weighted by Crippen LogP contribution is -2.25. The first-order valence-corrected chi connectivity index (χ1v) is 8.48. The van der Waals surface area contributed by atoms with E-state index in [-0.39, 0.29) is 11.2 Å². The van der Waals surface area contributed by atoms with Crippen molar-refractivity contribution in [2.24, 2.45) is 5.41 Å². The zero-order valence-electron chi connectivity index (χ0n) is 11.1. The molecular weight excluding hydrogens is 359 g/mol. The molecule has 0 fully saturated rings.